The largest absolute Gasteiger partial charge is 0.330 e. The molecule has 1 aromatic carbocycles. The maximum absolute atomic E-state index is 5.86. The molecule has 0 amide bonds. The fourth-order valence-corrected chi connectivity index (χ4v) is 3.19. The van der Waals surface area contributed by atoms with Gasteiger partial charge < -0.3 is 5.73 Å². The first-order chi connectivity index (χ1) is 8.06. The number of likely N-dealkylation sites (tertiary alicyclic amines) is 1. The molecule has 1 aliphatic rings. The molecule has 0 radical (unpaired) electrons. The van der Waals surface area contributed by atoms with Crippen molar-refractivity contribution in [2.75, 3.05) is 19.6 Å². The standard InChI is InChI=1S/C14H21BrN2.ClH/c1-11(12-5-3-4-6-13(12)15)17-8-7-14(2,9-16)10-17;/h3-6,11H,7-10,16H2,1-2H3;1H. The van der Waals surface area contributed by atoms with E-state index in [9.17, 15) is 0 Å². The van der Waals surface area contributed by atoms with E-state index in [0.717, 1.165) is 19.6 Å². The highest BCUT2D eigenvalue weighted by Crippen LogP contribution is 2.36. The SMILES string of the molecule is CC(c1ccccc1Br)N1CCC(C)(CN)C1.Cl. The van der Waals surface area contributed by atoms with Gasteiger partial charge in [-0.25, -0.2) is 0 Å². The van der Waals surface area contributed by atoms with Crippen molar-refractivity contribution in [3.63, 3.8) is 0 Å². The normalized spacial score (nSPS) is 25.8. The lowest BCUT2D eigenvalue weighted by Crippen LogP contribution is -2.32. The van der Waals surface area contributed by atoms with Gasteiger partial charge in [-0.05, 0) is 43.5 Å². The molecule has 1 aliphatic heterocycles. The van der Waals surface area contributed by atoms with Crippen molar-refractivity contribution < 1.29 is 0 Å². The lowest BCUT2D eigenvalue weighted by molar-refractivity contribution is 0.226. The third-order valence-corrected chi connectivity index (χ3v) is 4.71. The minimum absolute atomic E-state index is 0. The van der Waals surface area contributed by atoms with E-state index in [1.54, 1.807) is 0 Å². The quantitative estimate of drug-likeness (QED) is 0.915. The van der Waals surface area contributed by atoms with E-state index in [1.165, 1.54) is 16.5 Å². The molecule has 1 fully saturated rings. The van der Waals surface area contributed by atoms with Gasteiger partial charge in [0, 0.05) is 17.1 Å². The van der Waals surface area contributed by atoms with Gasteiger partial charge in [-0.2, -0.15) is 0 Å². The van der Waals surface area contributed by atoms with E-state index < -0.39 is 0 Å². The van der Waals surface area contributed by atoms with Gasteiger partial charge in [-0.15, -0.1) is 12.4 Å². The molecule has 0 spiro atoms. The Morgan fingerprint density at radius 1 is 1.44 bits per heavy atom. The maximum Gasteiger partial charge on any atom is 0.0331 e. The number of benzene rings is 1. The molecular formula is C14H22BrClN2. The van der Waals surface area contributed by atoms with E-state index in [-0.39, 0.29) is 12.4 Å². The lowest BCUT2D eigenvalue weighted by atomic mass is 9.90. The first kappa shape index (κ1) is 16.0. The summed E-state index contributed by atoms with van der Waals surface area (Å²) in [7, 11) is 0. The maximum atomic E-state index is 5.86. The summed E-state index contributed by atoms with van der Waals surface area (Å²) >= 11 is 3.64. The molecular weight excluding hydrogens is 312 g/mol. The number of nitrogens with zero attached hydrogens (tertiary/aromatic N) is 1. The van der Waals surface area contributed by atoms with Gasteiger partial charge in [0.05, 0.1) is 0 Å². The van der Waals surface area contributed by atoms with Gasteiger partial charge >= 0.3 is 0 Å². The van der Waals surface area contributed by atoms with Crippen LogP contribution in [0.15, 0.2) is 28.7 Å². The Morgan fingerprint density at radius 2 is 2.11 bits per heavy atom. The Morgan fingerprint density at radius 3 is 2.67 bits per heavy atom. The monoisotopic (exact) mass is 332 g/mol. The molecule has 2 nitrogen and oxygen atoms in total. The number of rotatable bonds is 3. The molecule has 0 aromatic heterocycles. The second kappa shape index (κ2) is 6.38. The van der Waals surface area contributed by atoms with Crippen LogP contribution >= 0.6 is 28.3 Å². The van der Waals surface area contributed by atoms with Crippen LogP contribution in [0, 0.1) is 5.41 Å². The Kier molecular flexibility index (Phi) is 5.66. The van der Waals surface area contributed by atoms with Crippen LogP contribution in [0.25, 0.3) is 0 Å². The van der Waals surface area contributed by atoms with Crippen LogP contribution in [0.5, 0.6) is 0 Å². The molecule has 0 saturated carbocycles. The topological polar surface area (TPSA) is 29.3 Å². The van der Waals surface area contributed by atoms with E-state index in [2.05, 4.69) is 58.9 Å². The molecule has 102 valence electrons. The van der Waals surface area contributed by atoms with E-state index in [1.807, 2.05) is 0 Å². The van der Waals surface area contributed by atoms with Gasteiger partial charge in [0.25, 0.3) is 0 Å². The molecule has 18 heavy (non-hydrogen) atoms. The lowest BCUT2D eigenvalue weighted by Gasteiger charge is -2.28. The fourth-order valence-electron chi connectivity index (χ4n) is 2.57. The summed E-state index contributed by atoms with van der Waals surface area (Å²) in [4.78, 5) is 2.53. The van der Waals surface area contributed by atoms with Gasteiger partial charge in [0.2, 0.25) is 0 Å². The molecule has 1 aromatic rings. The average Bonchev–Trinajstić information content (AvgIpc) is 2.73. The highest BCUT2D eigenvalue weighted by molar-refractivity contribution is 9.10. The van der Waals surface area contributed by atoms with Crippen LogP contribution in [0.2, 0.25) is 0 Å². The van der Waals surface area contributed by atoms with Gasteiger partial charge in [-0.1, -0.05) is 41.1 Å². The summed E-state index contributed by atoms with van der Waals surface area (Å²) < 4.78 is 1.20. The van der Waals surface area contributed by atoms with Crippen molar-refractivity contribution in [1.29, 1.82) is 0 Å². The van der Waals surface area contributed by atoms with E-state index >= 15 is 0 Å². The molecule has 0 aliphatic carbocycles. The van der Waals surface area contributed by atoms with Crippen LogP contribution in [0.1, 0.15) is 31.9 Å². The fraction of sp³-hybridized carbons (Fsp3) is 0.571. The van der Waals surface area contributed by atoms with Crippen LogP contribution < -0.4 is 5.73 Å². The summed E-state index contributed by atoms with van der Waals surface area (Å²) in [5.74, 6) is 0. The minimum atomic E-state index is 0. The molecule has 2 N–H and O–H groups in total. The van der Waals surface area contributed by atoms with Crippen molar-refractivity contribution in [2.45, 2.75) is 26.3 Å². The molecule has 2 atom stereocenters. The van der Waals surface area contributed by atoms with Gasteiger partial charge in [-0.3, -0.25) is 4.90 Å². The second-order valence-electron chi connectivity index (χ2n) is 5.43. The summed E-state index contributed by atoms with van der Waals surface area (Å²) in [5.41, 5.74) is 7.53. The smallest absolute Gasteiger partial charge is 0.0331 e. The molecule has 1 saturated heterocycles. The number of hydrogen-bond donors (Lipinski definition) is 1. The summed E-state index contributed by atoms with van der Waals surface area (Å²) in [5, 5.41) is 0. The predicted molar refractivity (Wildman–Crippen MR) is 83.2 cm³/mol. The summed E-state index contributed by atoms with van der Waals surface area (Å²) in [6, 6.07) is 8.94. The first-order valence-corrected chi connectivity index (χ1v) is 7.03. The second-order valence-corrected chi connectivity index (χ2v) is 6.29. The summed E-state index contributed by atoms with van der Waals surface area (Å²) in [6.45, 7) is 7.61. The van der Waals surface area contributed by atoms with Crippen molar-refractivity contribution in [3.8, 4) is 0 Å². The molecule has 4 heteroatoms. The van der Waals surface area contributed by atoms with E-state index in [0.29, 0.717) is 11.5 Å². The Labute approximate surface area is 124 Å². The van der Waals surface area contributed by atoms with Crippen molar-refractivity contribution >= 4 is 28.3 Å². The van der Waals surface area contributed by atoms with Crippen LogP contribution in [0.4, 0.5) is 0 Å². The highest BCUT2D eigenvalue weighted by Gasteiger charge is 2.35. The van der Waals surface area contributed by atoms with Gasteiger partial charge in [0.15, 0.2) is 0 Å². The zero-order chi connectivity index (χ0) is 12.5. The highest BCUT2D eigenvalue weighted by atomic mass is 79.9. The van der Waals surface area contributed by atoms with Crippen LogP contribution in [-0.4, -0.2) is 24.5 Å². The molecule has 2 unspecified atom stereocenters. The molecule has 1 heterocycles. The first-order valence-electron chi connectivity index (χ1n) is 6.24. The minimum Gasteiger partial charge on any atom is -0.330 e. The summed E-state index contributed by atoms with van der Waals surface area (Å²) in [6.07, 6.45) is 1.21. The third kappa shape index (κ3) is 3.27. The van der Waals surface area contributed by atoms with Crippen molar-refractivity contribution in [3.05, 3.63) is 34.3 Å². The zero-order valence-corrected chi connectivity index (χ0v) is 13.4. The molecule has 0 bridgehead atoms. The number of nitrogens with two attached hydrogens (primary N) is 1. The van der Waals surface area contributed by atoms with Crippen molar-refractivity contribution in [2.24, 2.45) is 11.1 Å². The van der Waals surface area contributed by atoms with Crippen LogP contribution in [0.3, 0.4) is 0 Å². The zero-order valence-electron chi connectivity index (χ0n) is 11.0. The molecule has 2 rings (SSSR count). The Balaban J connectivity index is 0.00000162. The average molecular weight is 334 g/mol. The number of hydrogen-bond acceptors (Lipinski definition) is 2. The van der Waals surface area contributed by atoms with Gasteiger partial charge in [0.1, 0.15) is 0 Å². The Bertz CT molecular complexity index is 399. The van der Waals surface area contributed by atoms with E-state index in [4.69, 9.17) is 5.73 Å². The Hall–Kier alpha value is -0.0900. The predicted octanol–water partition coefficient (Wildman–Crippen LogP) is 3.60. The van der Waals surface area contributed by atoms with Crippen LogP contribution in [-0.2, 0) is 0 Å². The third-order valence-electron chi connectivity index (χ3n) is 3.98. The van der Waals surface area contributed by atoms with Crippen molar-refractivity contribution in [1.82, 2.24) is 4.90 Å². The number of halogens is 2.